The number of hydrogen-bond donors (Lipinski definition) is 1. The molecule has 104 valence electrons. The van der Waals surface area contributed by atoms with Crippen LogP contribution in [0.15, 0.2) is 36.0 Å². The van der Waals surface area contributed by atoms with Crippen LogP contribution in [0.1, 0.15) is 21.6 Å². The molecule has 4 nitrogen and oxygen atoms in total. The standard InChI is InChI=1S/C13H13ClN4S2/c1-18-8-16-17-12(18)7-15-13(9-3-2-6-19-9)10-4-5-11(14)20-10/h2-6,8,13,15H,7H2,1H3. The maximum absolute atomic E-state index is 6.06. The summed E-state index contributed by atoms with van der Waals surface area (Å²) in [5, 5.41) is 13.6. The summed E-state index contributed by atoms with van der Waals surface area (Å²) in [7, 11) is 1.94. The van der Waals surface area contributed by atoms with Crippen molar-refractivity contribution in [1.29, 1.82) is 0 Å². The predicted molar refractivity (Wildman–Crippen MR) is 83.3 cm³/mol. The second kappa shape index (κ2) is 6.05. The van der Waals surface area contributed by atoms with E-state index in [4.69, 9.17) is 11.6 Å². The number of aryl methyl sites for hydroxylation is 1. The second-order valence-corrected chi connectivity index (χ2v) is 7.06. The molecule has 0 aliphatic carbocycles. The van der Waals surface area contributed by atoms with Gasteiger partial charge in [0, 0.05) is 16.8 Å². The lowest BCUT2D eigenvalue weighted by Crippen LogP contribution is -2.22. The van der Waals surface area contributed by atoms with Crippen molar-refractivity contribution in [3.63, 3.8) is 0 Å². The SMILES string of the molecule is Cn1cnnc1CNC(c1cccs1)c1ccc(Cl)s1. The molecule has 0 amide bonds. The van der Waals surface area contributed by atoms with E-state index in [9.17, 15) is 0 Å². The van der Waals surface area contributed by atoms with E-state index in [2.05, 4.69) is 39.1 Å². The minimum Gasteiger partial charge on any atom is -0.320 e. The van der Waals surface area contributed by atoms with E-state index in [-0.39, 0.29) is 6.04 Å². The van der Waals surface area contributed by atoms with Gasteiger partial charge in [0.2, 0.25) is 0 Å². The van der Waals surface area contributed by atoms with E-state index in [1.165, 1.54) is 9.75 Å². The third kappa shape index (κ3) is 2.93. The Morgan fingerprint density at radius 1 is 1.35 bits per heavy atom. The van der Waals surface area contributed by atoms with Gasteiger partial charge in [-0.3, -0.25) is 5.32 Å². The van der Waals surface area contributed by atoms with E-state index < -0.39 is 0 Å². The van der Waals surface area contributed by atoms with Crippen LogP contribution in [0.4, 0.5) is 0 Å². The van der Waals surface area contributed by atoms with Gasteiger partial charge in [-0.2, -0.15) is 0 Å². The Balaban J connectivity index is 1.81. The molecule has 3 aromatic heterocycles. The molecule has 1 unspecified atom stereocenters. The van der Waals surface area contributed by atoms with Gasteiger partial charge in [-0.1, -0.05) is 17.7 Å². The third-order valence-electron chi connectivity index (χ3n) is 2.98. The van der Waals surface area contributed by atoms with Crippen LogP contribution in [0.2, 0.25) is 4.34 Å². The fourth-order valence-corrected chi connectivity index (χ4v) is 3.99. The quantitative estimate of drug-likeness (QED) is 0.781. The molecule has 7 heteroatoms. The molecule has 0 saturated heterocycles. The van der Waals surface area contributed by atoms with Gasteiger partial charge in [0.05, 0.1) is 16.9 Å². The average molecular weight is 325 g/mol. The monoisotopic (exact) mass is 324 g/mol. The Kier molecular flexibility index (Phi) is 4.16. The van der Waals surface area contributed by atoms with Crippen LogP contribution in [-0.2, 0) is 13.6 Å². The van der Waals surface area contributed by atoms with Gasteiger partial charge in [0.25, 0.3) is 0 Å². The predicted octanol–water partition coefficient (Wildman–Crippen LogP) is 3.47. The van der Waals surface area contributed by atoms with Crippen molar-refractivity contribution in [2.45, 2.75) is 12.6 Å². The molecule has 0 spiro atoms. The summed E-state index contributed by atoms with van der Waals surface area (Å²) < 4.78 is 2.72. The van der Waals surface area contributed by atoms with E-state index in [1.54, 1.807) is 29.0 Å². The van der Waals surface area contributed by atoms with Crippen LogP contribution in [0.25, 0.3) is 0 Å². The van der Waals surface area contributed by atoms with Gasteiger partial charge in [-0.05, 0) is 23.6 Å². The highest BCUT2D eigenvalue weighted by Crippen LogP contribution is 2.33. The lowest BCUT2D eigenvalue weighted by molar-refractivity contribution is 0.585. The van der Waals surface area contributed by atoms with Gasteiger partial charge >= 0.3 is 0 Å². The summed E-state index contributed by atoms with van der Waals surface area (Å²) in [4.78, 5) is 2.48. The molecule has 0 fully saturated rings. The van der Waals surface area contributed by atoms with E-state index in [0.717, 1.165) is 10.2 Å². The molecule has 3 aromatic rings. The van der Waals surface area contributed by atoms with E-state index >= 15 is 0 Å². The Morgan fingerprint density at radius 3 is 2.85 bits per heavy atom. The van der Waals surface area contributed by atoms with Gasteiger partial charge < -0.3 is 4.57 Å². The van der Waals surface area contributed by atoms with Crippen molar-refractivity contribution in [2.75, 3.05) is 0 Å². The Labute approximate surface area is 130 Å². The first-order valence-corrected chi connectivity index (χ1v) is 8.16. The zero-order chi connectivity index (χ0) is 13.9. The molecule has 0 aliphatic heterocycles. The zero-order valence-corrected chi connectivity index (χ0v) is 13.2. The molecule has 0 bridgehead atoms. The lowest BCUT2D eigenvalue weighted by Gasteiger charge is -2.15. The number of nitrogens with one attached hydrogen (secondary N) is 1. The van der Waals surface area contributed by atoms with Crippen molar-refractivity contribution in [3.8, 4) is 0 Å². The number of halogens is 1. The fourth-order valence-electron chi connectivity index (χ4n) is 1.94. The van der Waals surface area contributed by atoms with Crippen LogP contribution in [0.5, 0.6) is 0 Å². The summed E-state index contributed by atoms with van der Waals surface area (Å²) in [6.07, 6.45) is 1.71. The number of rotatable bonds is 5. The molecule has 0 saturated carbocycles. The summed E-state index contributed by atoms with van der Waals surface area (Å²) in [6.45, 7) is 0.661. The largest absolute Gasteiger partial charge is 0.320 e. The van der Waals surface area contributed by atoms with Crippen molar-refractivity contribution < 1.29 is 0 Å². The summed E-state index contributed by atoms with van der Waals surface area (Å²) >= 11 is 9.40. The molecule has 0 aliphatic rings. The van der Waals surface area contributed by atoms with Crippen molar-refractivity contribution in [2.24, 2.45) is 7.05 Å². The minimum absolute atomic E-state index is 0.143. The molecule has 3 heterocycles. The Morgan fingerprint density at radius 2 is 2.25 bits per heavy atom. The highest BCUT2D eigenvalue weighted by Gasteiger charge is 2.17. The van der Waals surface area contributed by atoms with Crippen molar-refractivity contribution in [3.05, 3.63) is 55.9 Å². The van der Waals surface area contributed by atoms with Gasteiger partial charge in [-0.15, -0.1) is 32.9 Å². The summed E-state index contributed by atoms with van der Waals surface area (Å²) in [6, 6.07) is 8.34. The first-order chi connectivity index (χ1) is 9.74. The number of hydrogen-bond acceptors (Lipinski definition) is 5. The van der Waals surface area contributed by atoms with Crippen molar-refractivity contribution in [1.82, 2.24) is 20.1 Å². The van der Waals surface area contributed by atoms with Gasteiger partial charge in [0.1, 0.15) is 12.2 Å². The van der Waals surface area contributed by atoms with Gasteiger partial charge in [-0.25, -0.2) is 0 Å². The molecule has 0 aromatic carbocycles. The maximum Gasteiger partial charge on any atom is 0.146 e. The van der Waals surface area contributed by atoms with Crippen LogP contribution in [0.3, 0.4) is 0 Å². The number of thiophene rings is 2. The molecular weight excluding hydrogens is 312 g/mol. The highest BCUT2D eigenvalue weighted by atomic mass is 35.5. The maximum atomic E-state index is 6.06. The highest BCUT2D eigenvalue weighted by molar-refractivity contribution is 7.16. The third-order valence-corrected chi connectivity index (χ3v) is 5.21. The molecule has 1 N–H and O–H groups in total. The smallest absolute Gasteiger partial charge is 0.146 e. The fraction of sp³-hybridized carbons (Fsp3) is 0.231. The number of nitrogens with zero attached hydrogens (tertiary/aromatic N) is 3. The first kappa shape index (κ1) is 13.8. The van der Waals surface area contributed by atoms with Crippen molar-refractivity contribution >= 4 is 34.3 Å². The van der Waals surface area contributed by atoms with Gasteiger partial charge in [0.15, 0.2) is 0 Å². The molecule has 3 rings (SSSR count). The lowest BCUT2D eigenvalue weighted by atomic mass is 10.2. The molecule has 0 radical (unpaired) electrons. The van der Waals surface area contributed by atoms with Crippen LogP contribution >= 0.6 is 34.3 Å². The van der Waals surface area contributed by atoms with Crippen LogP contribution in [0, 0.1) is 0 Å². The first-order valence-electron chi connectivity index (χ1n) is 6.09. The van der Waals surface area contributed by atoms with E-state index in [0.29, 0.717) is 6.54 Å². The average Bonchev–Trinajstić information content (AvgIpc) is 3.14. The molecular formula is C13H13ClN4S2. The van der Waals surface area contributed by atoms with Crippen LogP contribution < -0.4 is 5.32 Å². The normalized spacial score (nSPS) is 12.7. The minimum atomic E-state index is 0.143. The number of aromatic nitrogens is 3. The molecule has 1 atom stereocenters. The Bertz CT molecular complexity index is 674. The zero-order valence-electron chi connectivity index (χ0n) is 10.8. The molecule has 20 heavy (non-hydrogen) atoms. The second-order valence-electron chi connectivity index (χ2n) is 4.33. The van der Waals surface area contributed by atoms with E-state index in [1.807, 2.05) is 17.7 Å². The van der Waals surface area contributed by atoms with Crippen LogP contribution in [-0.4, -0.2) is 14.8 Å². The topological polar surface area (TPSA) is 42.7 Å². The Hall–Kier alpha value is -1.21. The summed E-state index contributed by atoms with van der Waals surface area (Å²) in [5.41, 5.74) is 0. The summed E-state index contributed by atoms with van der Waals surface area (Å²) in [5.74, 6) is 0.911.